The summed E-state index contributed by atoms with van der Waals surface area (Å²) in [7, 11) is 0. The van der Waals surface area contributed by atoms with Crippen LogP contribution in [0.5, 0.6) is 0 Å². The van der Waals surface area contributed by atoms with Gasteiger partial charge in [-0.05, 0) is 19.8 Å². The monoisotopic (exact) mass is 273 g/mol. The molecule has 7 nitrogen and oxygen atoms in total. The van der Waals surface area contributed by atoms with E-state index in [4.69, 9.17) is 10.8 Å². The average molecular weight is 273 g/mol. The second-order valence-corrected chi connectivity index (χ2v) is 4.83. The van der Waals surface area contributed by atoms with Crippen LogP contribution in [0, 0.1) is 5.92 Å². The fourth-order valence-electron chi connectivity index (χ4n) is 1.68. The van der Waals surface area contributed by atoms with Crippen molar-refractivity contribution in [2.45, 2.75) is 46.2 Å². The molecule has 3 amide bonds. The highest BCUT2D eigenvalue weighted by atomic mass is 16.4. The van der Waals surface area contributed by atoms with Crippen molar-refractivity contribution in [1.82, 2.24) is 10.2 Å². The van der Waals surface area contributed by atoms with Crippen molar-refractivity contribution in [3.63, 3.8) is 0 Å². The Balaban J connectivity index is 5.11. The Labute approximate surface area is 113 Å². The summed E-state index contributed by atoms with van der Waals surface area (Å²) in [6.07, 6.45) is 0.662. The fourth-order valence-corrected chi connectivity index (χ4v) is 1.68. The largest absolute Gasteiger partial charge is 0.480 e. The van der Waals surface area contributed by atoms with Gasteiger partial charge < -0.3 is 21.1 Å². The molecule has 0 fully saturated rings. The van der Waals surface area contributed by atoms with Gasteiger partial charge in [0, 0.05) is 6.04 Å². The Morgan fingerprint density at radius 2 is 1.79 bits per heavy atom. The van der Waals surface area contributed by atoms with Crippen molar-refractivity contribution in [3.05, 3.63) is 0 Å². The van der Waals surface area contributed by atoms with Crippen LogP contribution in [-0.4, -0.2) is 46.5 Å². The van der Waals surface area contributed by atoms with Crippen molar-refractivity contribution in [2.24, 2.45) is 11.7 Å². The van der Waals surface area contributed by atoms with Gasteiger partial charge in [-0.3, -0.25) is 9.59 Å². The predicted molar refractivity (Wildman–Crippen MR) is 70.4 cm³/mol. The first-order valence-electron chi connectivity index (χ1n) is 6.28. The van der Waals surface area contributed by atoms with E-state index in [9.17, 15) is 14.4 Å². The van der Waals surface area contributed by atoms with E-state index < -0.39 is 30.5 Å². The molecule has 0 heterocycles. The van der Waals surface area contributed by atoms with E-state index in [2.05, 4.69) is 5.32 Å². The number of carboxylic acid groups (broad SMARTS) is 1. The molecule has 4 N–H and O–H groups in total. The lowest BCUT2D eigenvalue weighted by molar-refractivity contribution is -0.147. The number of primary amides is 1. The predicted octanol–water partition coefficient (Wildman–Crippen LogP) is 0.391. The summed E-state index contributed by atoms with van der Waals surface area (Å²) in [6, 6.07) is -1.87. The van der Waals surface area contributed by atoms with Gasteiger partial charge in [0.15, 0.2) is 0 Å². The molecular formula is C12H23N3O4. The van der Waals surface area contributed by atoms with Crippen LogP contribution in [0.2, 0.25) is 0 Å². The summed E-state index contributed by atoms with van der Waals surface area (Å²) in [4.78, 5) is 35.3. The van der Waals surface area contributed by atoms with Gasteiger partial charge in [-0.25, -0.2) is 4.79 Å². The summed E-state index contributed by atoms with van der Waals surface area (Å²) in [6.45, 7) is 6.73. The summed E-state index contributed by atoms with van der Waals surface area (Å²) in [5.41, 5.74) is 5.06. The molecule has 110 valence electrons. The molecule has 0 aromatic rings. The lowest BCUT2D eigenvalue weighted by Crippen LogP contribution is -2.55. The third-order valence-electron chi connectivity index (χ3n) is 2.99. The first-order valence-corrected chi connectivity index (χ1v) is 6.28. The van der Waals surface area contributed by atoms with Gasteiger partial charge in [0.2, 0.25) is 5.91 Å². The van der Waals surface area contributed by atoms with Crippen LogP contribution in [-0.2, 0) is 9.59 Å². The first kappa shape index (κ1) is 17.2. The molecule has 0 aliphatic rings. The number of hydrogen-bond acceptors (Lipinski definition) is 3. The number of hydrogen-bond donors (Lipinski definition) is 3. The first-order chi connectivity index (χ1) is 8.70. The van der Waals surface area contributed by atoms with Crippen LogP contribution in [0.15, 0.2) is 0 Å². The summed E-state index contributed by atoms with van der Waals surface area (Å²) in [5.74, 6) is -1.65. The highest BCUT2D eigenvalue weighted by Gasteiger charge is 2.31. The Morgan fingerprint density at radius 3 is 2.11 bits per heavy atom. The molecule has 0 aromatic carbocycles. The smallest absolute Gasteiger partial charge is 0.323 e. The zero-order valence-electron chi connectivity index (χ0n) is 11.8. The molecule has 0 rings (SSSR count). The Hall–Kier alpha value is -1.79. The molecular weight excluding hydrogens is 250 g/mol. The molecule has 0 saturated heterocycles. The molecule has 0 aliphatic carbocycles. The number of carbonyl (C=O) groups excluding carboxylic acids is 2. The number of amides is 3. The molecule has 0 radical (unpaired) electrons. The van der Waals surface area contributed by atoms with E-state index in [0.717, 1.165) is 0 Å². The van der Waals surface area contributed by atoms with Crippen LogP contribution < -0.4 is 11.1 Å². The molecule has 2 atom stereocenters. The maximum atomic E-state index is 12.3. The van der Waals surface area contributed by atoms with Gasteiger partial charge in [-0.2, -0.15) is 0 Å². The molecule has 19 heavy (non-hydrogen) atoms. The highest BCUT2D eigenvalue weighted by molar-refractivity contribution is 5.89. The zero-order chi connectivity index (χ0) is 15.2. The van der Waals surface area contributed by atoms with Crippen molar-refractivity contribution >= 4 is 17.9 Å². The van der Waals surface area contributed by atoms with Gasteiger partial charge in [-0.15, -0.1) is 0 Å². The van der Waals surface area contributed by atoms with Gasteiger partial charge in [0.1, 0.15) is 12.6 Å². The average Bonchev–Trinajstić information content (AvgIpc) is 2.30. The number of nitrogens with two attached hydrogens (primary N) is 1. The number of rotatable bonds is 7. The van der Waals surface area contributed by atoms with E-state index in [1.165, 1.54) is 4.90 Å². The zero-order valence-corrected chi connectivity index (χ0v) is 11.8. The van der Waals surface area contributed by atoms with Crippen molar-refractivity contribution < 1.29 is 19.5 Å². The number of carbonyl (C=O) groups is 3. The van der Waals surface area contributed by atoms with Crippen molar-refractivity contribution in [3.8, 4) is 0 Å². The number of nitrogens with zero attached hydrogens (tertiary/aromatic N) is 1. The minimum absolute atomic E-state index is 0.130. The molecule has 0 saturated carbocycles. The number of nitrogens with one attached hydrogen (secondary N) is 1. The van der Waals surface area contributed by atoms with Crippen LogP contribution in [0.4, 0.5) is 4.79 Å². The Bertz CT molecular complexity index is 344. The molecule has 2 unspecified atom stereocenters. The number of carboxylic acids is 1. The fraction of sp³-hybridized carbons (Fsp3) is 0.750. The third-order valence-corrected chi connectivity index (χ3v) is 2.99. The van der Waals surface area contributed by atoms with E-state index in [1.54, 1.807) is 20.8 Å². The lowest BCUT2D eigenvalue weighted by Gasteiger charge is -2.31. The van der Waals surface area contributed by atoms with Crippen LogP contribution >= 0.6 is 0 Å². The Morgan fingerprint density at radius 1 is 1.26 bits per heavy atom. The van der Waals surface area contributed by atoms with Crippen molar-refractivity contribution in [1.29, 1.82) is 0 Å². The summed E-state index contributed by atoms with van der Waals surface area (Å²) < 4.78 is 0. The second-order valence-electron chi connectivity index (χ2n) is 4.83. The maximum Gasteiger partial charge on any atom is 0.323 e. The van der Waals surface area contributed by atoms with Crippen LogP contribution in [0.25, 0.3) is 0 Å². The second kappa shape index (κ2) is 7.60. The number of urea groups is 1. The summed E-state index contributed by atoms with van der Waals surface area (Å²) in [5, 5.41) is 11.2. The van der Waals surface area contributed by atoms with Gasteiger partial charge >= 0.3 is 12.0 Å². The van der Waals surface area contributed by atoms with Crippen LogP contribution in [0.1, 0.15) is 34.1 Å². The quantitative estimate of drug-likeness (QED) is 0.622. The standard InChI is InChI=1S/C12H23N3O4/c1-5-8(4)10(14-12(13)19)11(18)15(7(2)3)6-9(16)17/h7-8,10H,5-6H2,1-4H3,(H,16,17)(H3,13,14,19). The summed E-state index contributed by atoms with van der Waals surface area (Å²) >= 11 is 0. The molecule has 0 aliphatic heterocycles. The Kier molecular flexibility index (Phi) is 6.89. The van der Waals surface area contributed by atoms with E-state index in [1.807, 2.05) is 6.92 Å². The minimum atomic E-state index is -1.09. The maximum absolute atomic E-state index is 12.3. The molecule has 7 heteroatoms. The number of aliphatic carboxylic acids is 1. The SMILES string of the molecule is CCC(C)C(NC(N)=O)C(=O)N(CC(=O)O)C(C)C. The van der Waals surface area contributed by atoms with Gasteiger partial charge in [-0.1, -0.05) is 20.3 Å². The van der Waals surface area contributed by atoms with E-state index >= 15 is 0 Å². The van der Waals surface area contributed by atoms with Gasteiger partial charge in [0.05, 0.1) is 0 Å². The topological polar surface area (TPSA) is 113 Å². The third kappa shape index (κ3) is 5.58. The van der Waals surface area contributed by atoms with Crippen LogP contribution in [0.3, 0.4) is 0 Å². The molecule has 0 spiro atoms. The van der Waals surface area contributed by atoms with E-state index in [-0.39, 0.29) is 12.0 Å². The highest BCUT2D eigenvalue weighted by Crippen LogP contribution is 2.12. The normalized spacial score (nSPS) is 13.7. The van der Waals surface area contributed by atoms with Crippen molar-refractivity contribution in [2.75, 3.05) is 6.54 Å². The minimum Gasteiger partial charge on any atom is -0.480 e. The van der Waals surface area contributed by atoms with E-state index in [0.29, 0.717) is 6.42 Å². The van der Waals surface area contributed by atoms with Gasteiger partial charge in [0.25, 0.3) is 0 Å². The molecule has 0 bridgehead atoms. The molecule has 0 aromatic heterocycles. The lowest BCUT2D eigenvalue weighted by atomic mass is 9.97.